The number of benzene rings is 2. The maximum atomic E-state index is 12.9. The Labute approximate surface area is 191 Å². The fraction of sp³-hybridized carbons (Fsp3) is 0.414. The third-order valence-corrected chi connectivity index (χ3v) is 7.44. The Morgan fingerprint density at radius 2 is 1.62 bits per heavy atom. The highest BCUT2D eigenvalue weighted by atomic mass is 16.1. The van der Waals surface area contributed by atoms with Crippen molar-refractivity contribution in [3.8, 4) is 16.9 Å². The van der Waals surface area contributed by atoms with Gasteiger partial charge in [0.05, 0.1) is 5.69 Å². The first-order chi connectivity index (χ1) is 15.7. The fourth-order valence-electron chi connectivity index (χ4n) is 5.54. The molecule has 2 aliphatic carbocycles. The van der Waals surface area contributed by atoms with Crippen molar-refractivity contribution in [2.45, 2.75) is 70.8 Å². The highest BCUT2D eigenvalue weighted by Gasteiger charge is 2.24. The minimum Gasteiger partial charge on any atom is -0.349 e. The van der Waals surface area contributed by atoms with Gasteiger partial charge < -0.3 is 9.88 Å². The summed E-state index contributed by atoms with van der Waals surface area (Å²) in [6.45, 7) is 2.26. The quantitative estimate of drug-likeness (QED) is 0.462. The summed E-state index contributed by atoms with van der Waals surface area (Å²) in [4.78, 5) is 12.9. The monoisotopic (exact) mass is 426 g/mol. The second kappa shape index (κ2) is 9.36. The molecular weight excluding hydrogens is 392 g/mol. The minimum atomic E-state index is 0.0601. The zero-order valence-electron chi connectivity index (χ0n) is 19.1. The molecule has 2 aliphatic rings. The first-order valence-corrected chi connectivity index (χ1v) is 12.4. The van der Waals surface area contributed by atoms with Gasteiger partial charge in [-0.25, -0.2) is 0 Å². The predicted molar refractivity (Wildman–Crippen MR) is 131 cm³/mol. The second-order valence-electron chi connectivity index (χ2n) is 9.65. The Balaban J connectivity index is 1.46. The number of hydrogen-bond acceptors (Lipinski definition) is 1. The molecule has 3 heteroatoms. The topological polar surface area (TPSA) is 34.0 Å². The molecule has 32 heavy (non-hydrogen) atoms. The van der Waals surface area contributed by atoms with Crippen LogP contribution in [0.3, 0.4) is 0 Å². The van der Waals surface area contributed by atoms with Gasteiger partial charge in [0.15, 0.2) is 0 Å². The van der Waals surface area contributed by atoms with Crippen LogP contribution >= 0.6 is 0 Å². The average molecular weight is 427 g/mol. The molecule has 0 aliphatic heterocycles. The molecule has 1 saturated carbocycles. The van der Waals surface area contributed by atoms with Crippen molar-refractivity contribution in [2.75, 3.05) is 0 Å². The number of amides is 1. The Morgan fingerprint density at radius 3 is 2.41 bits per heavy atom. The number of hydrogen-bond donors (Lipinski definition) is 1. The van der Waals surface area contributed by atoms with Crippen molar-refractivity contribution in [1.82, 2.24) is 9.88 Å². The third-order valence-electron chi connectivity index (χ3n) is 7.44. The lowest BCUT2D eigenvalue weighted by Crippen LogP contribution is -2.41. The van der Waals surface area contributed by atoms with E-state index in [0.717, 1.165) is 30.5 Å². The van der Waals surface area contributed by atoms with Crippen LogP contribution in [-0.4, -0.2) is 16.5 Å². The summed E-state index contributed by atoms with van der Waals surface area (Å²) in [5.74, 6) is 0.626. The van der Waals surface area contributed by atoms with E-state index in [1.165, 1.54) is 61.0 Å². The standard InChI is InChI=1S/C29H34N2O/c1-21-10-8-9-14-26(21)30-29(32)23-16-18-25(19-17-23)31-27-15-7-3-6-13-24(27)20-28(31)22-11-4-2-5-12-22/h2,4-5,11-12,16-21,26H,3,6-10,13-15H2,1H3,(H,30,32). The summed E-state index contributed by atoms with van der Waals surface area (Å²) in [7, 11) is 0. The lowest BCUT2D eigenvalue weighted by molar-refractivity contribution is 0.0910. The summed E-state index contributed by atoms with van der Waals surface area (Å²) in [6, 6.07) is 21.6. The van der Waals surface area contributed by atoms with E-state index in [0.29, 0.717) is 12.0 Å². The molecule has 2 atom stereocenters. The van der Waals surface area contributed by atoms with Crippen molar-refractivity contribution >= 4 is 5.91 Å². The molecule has 1 N–H and O–H groups in total. The zero-order chi connectivity index (χ0) is 21.9. The van der Waals surface area contributed by atoms with Gasteiger partial charge in [0, 0.05) is 23.0 Å². The van der Waals surface area contributed by atoms with Gasteiger partial charge in [0.2, 0.25) is 0 Å². The molecule has 0 spiro atoms. The number of rotatable bonds is 4. The summed E-state index contributed by atoms with van der Waals surface area (Å²) < 4.78 is 2.43. The average Bonchev–Trinajstić information content (AvgIpc) is 3.03. The lowest BCUT2D eigenvalue weighted by atomic mass is 9.86. The first kappa shape index (κ1) is 21.1. The van der Waals surface area contributed by atoms with Crippen LogP contribution in [0.1, 0.15) is 73.5 Å². The van der Waals surface area contributed by atoms with Gasteiger partial charge in [-0.1, -0.05) is 56.5 Å². The van der Waals surface area contributed by atoms with Gasteiger partial charge in [-0.3, -0.25) is 4.79 Å². The van der Waals surface area contributed by atoms with E-state index >= 15 is 0 Å². The van der Waals surface area contributed by atoms with Crippen LogP contribution in [0.15, 0.2) is 60.7 Å². The van der Waals surface area contributed by atoms with Crippen molar-refractivity contribution in [3.63, 3.8) is 0 Å². The minimum absolute atomic E-state index is 0.0601. The molecule has 1 heterocycles. The van der Waals surface area contributed by atoms with Crippen LogP contribution in [0.25, 0.3) is 16.9 Å². The lowest BCUT2D eigenvalue weighted by Gasteiger charge is -2.29. The molecule has 0 bridgehead atoms. The molecule has 0 saturated heterocycles. The van der Waals surface area contributed by atoms with Crippen molar-refractivity contribution < 1.29 is 4.79 Å². The number of fused-ring (bicyclic) bond motifs is 1. The van der Waals surface area contributed by atoms with E-state index in [9.17, 15) is 4.79 Å². The SMILES string of the molecule is CC1CCCCC1NC(=O)c1ccc(-n2c(-c3ccccc3)cc3c2CCCCC3)cc1. The number of nitrogens with zero attached hydrogens (tertiary/aromatic N) is 1. The molecule has 1 aromatic heterocycles. The third kappa shape index (κ3) is 4.26. The summed E-state index contributed by atoms with van der Waals surface area (Å²) in [5, 5.41) is 3.29. The van der Waals surface area contributed by atoms with E-state index in [-0.39, 0.29) is 5.91 Å². The molecule has 166 valence electrons. The van der Waals surface area contributed by atoms with Crippen LogP contribution in [0.4, 0.5) is 0 Å². The second-order valence-corrected chi connectivity index (χ2v) is 9.65. The molecule has 2 aromatic carbocycles. The number of carbonyl (C=O) groups is 1. The number of nitrogens with one attached hydrogen (secondary N) is 1. The van der Waals surface area contributed by atoms with Gasteiger partial charge in [-0.15, -0.1) is 0 Å². The maximum absolute atomic E-state index is 12.9. The van der Waals surface area contributed by atoms with Gasteiger partial charge in [-0.05, 0) is 85.9 Å². The van der Waals surface area contributed by atoms with Crippen LogP contribution < -0.4 is 5.32 Å². The van der Waals surface area contributed by atoms with Crippen molar-refractivity contribution in [2.24, 2.45) is 5.92 Å². The van der Waals surface area contributed by atoms with Crippen LogP contribution in [0.5, 0.6) is 0 Å². The molecule has 1 fully saturated rings. The van der Waals surface area contributed by atoms with E-state index in [2.05, 4.69) is 65.3 Å². The zero-order valence-corrected chi connectivity index (χ0v) is 19.1. The van der Waals surface area contributed by atoms with Gasteiger partial charge in [0.1, 0.15) is 0 Å². The van der Waals surface area contributed by atoms with E-state index < -0.39 is 0 Å². The first-order valence-electron chi connectivity index (χ1n) is 12.4. The Hall–Kier alpha value is -2.81. The molecule has 3 nitrogen and oxygen atoms in total. The van der Waals surface area contributed by atoms with Crippen LogP contribution in [-0.2, 0) is 12.8 Å². The molecule has 0 radical (unpaired) electrons. The Morgan fingerprint density at radius 1 is 0.875 bits per heavy atom. The van der Waals surface area contributed by atoms with Crippen LogP contribution in [0, 0.1) is 5.92 Å². The van der Waals surface area contributed by atoms with Crippen molar-refractivity contribution in [1.29, 1.82) is 0 Å². The fourth-order valence-corrected chi connectivity index (χ4v) is 5.54. The molecular formula is C29H34N2O. The highest BCUT2D eigenvalue weighted by molar-refractivity contribution is 5.94. The highest BCUT2D eigenvalue weighted by Crippen LogP contribution is 2.33. The van der Waals surface area contributed by atoms with E-state index in [1.54, 1.807) is 0 Å². The number of aryl methyl sites for hydroxylation is 1. The number of aromatic nitrogens is 1. The Bertz CT molecular complexity index is 1060. The molecule has 1 amide bonds. The smallest absolute Gasteiger partial charge is 0.251 e. The number of carbonyl (C=O) groups excluding carboxylic acids is 1. The summed E-state index contributed by atoms with van der Waals surface area (Å²) >= 11 is 0. The summed E-state index contributed by atoms with van der Waals surface area (Å²) in [6.07, 6.45) is 10.9. The normalized spacial score (nSPS) is 20.9. The molecule has 5 rings (SSSR count). The van der Waals surface area contributed by atoms with Gasteiger partial charge in [0.25, 0.3) is 5.91 Å². The Kier molecular flexibility index (Phi) is 6.16. The van der Waals surface area contributed by atoms with Crippen molar-refractivity contribution in [3.05, 3.63) is 77.5 Å². The van der Waals surface area contributed by atoms with E-state index in [4.69, 9.17) is 0 Å². The molecule has 2 unspecified atom stereocenters. The van der Waals surface area contributed by atoms with E-state index in [1.807, 2.05) is 12.1 Å². The summed E-state index contributed by atoms with van der Waals surface area (Å²) in [5.41, 5.74) is 7.32. The predicted octanol–water partition coefficient (Wildman–Crippen LogP) is 6.72. The molecule has 3 aromatic rings. The largest absolute Gasteiger partial charge is 0.349 e. The van der Waals surface area contributed by atoms with Gasteiger partial charge >= 0.3 is 0 Å². The maximum Gasteiger partial charge on any atom is 0.251 e. The van der Waals surface area contributed by atoms with Gasteiger partial charge in [-0.2, -0.15) is 0 Å². The van der Waals surface area contributed by atoms with Crippen LogP contribution in [0.2, 0.25) is 0 Å².